The molecule has 1 heterocycles. The highest BCUT2D eigenvalue weighted by Gasteiger charge is 2.11. The van der Waals surface area contributed by atoms with Crippen molar-refractivity contribution in [3.63, 3.8) is 0 Å². The first kappa shape index (κ1) is 15.5. The quantitative estimate of drug-likeness (QED) is 0.885. The van der Waals surface area contributed by atoms with Crippen LogP contribution in [0.25, 0.3) is 0 Å². The van der Waals surface area contributed by atoms with E-state index in [0.29, 0.717) is 18.1 Å². The second-order valence-electron chi connectivity index (χ2n) is 6.06. The van der Waals surface area contributed by atoms with Gasteiger partial charge in [0.1, 0.15) is 5.75 Å². The topological polar surface area (TPSA) is 60.2 Å². The van der Waals surface area contributed by atoms with Gasteiger partial charge in [-0.25, -0.2) is 0 Å². The molecule has 0 bridgehead atoms. The molecule has 2 aromatic rings. The summed E-state index contributed by atoms with van der Waals surface area (Å²) in [5.74, 6) is 2.24. The molecule has 114 valence electrons. The van der Waals surface area contributed by atoms with Gasteiger partial charge < -0.3 is 14.6 Å². The van der Waals surface area contributed by atoms with E-state index in [0.717, 1.165) is 24.3 Å². The predicted octanol–water partition coefficient (Wildman–Crippen LogP) is 2.60. The van der Waals surface area contributed by atoms with Crippen LogP contribution >= 0.6 is 0 Å². The van der Waals surface area contributed by atoms with Gasteiger partial charge in [0.05, 0.1) is 7.11 Å². The molecule has 0 radical (unpaired) electrons. The van der Waals surface area contributed by atoms with E-state index in [1.165, 1.54) is 0 Å². The van der Waals surface area contributed by atoms with Crippen LogP contribution in [0, 0.1) is 0 Å². The van der Waals surface area contributed by atoms with Crippen LogP contribution in [0.15, 0.2) is 28.8 Å². The second-order valence-corrected chi connectivity index (χ2v) is 6.06. The van der Waals surface area contributed by atoms with Crippen molar-refractivity contribution in [2.24, 2.45) is 0 Å². The Morgan fingerprint density at radius 3 is 2.52 bits per heavy atom. The summed E-state index contributed by atoms with van der Waals surface area (Å²) in [5, 5.41) is 7.42. The van der Waals surface area contributed by atoms with Crippen molar-refractivity contribution in [1.82, 2.24) is 15.5 Å². The fraction of sp³-hybridized carbons (Fsp3) is 0.500. The third kappa shape index (κ3) is 5.19. The molecule has 0 amide bonds. The van der Waals surface area contributed by atoms with Crippen LogP contribution in [0.5, 0.6) is 5.75 Å². The van der Waals surface area contributed by atoms with Gasteiger partial charge in [-0.3, -0.25) is 0 Å². The lowest BCUT2D eigenvalue weighted by atomic mass is 10.1. The molecule has 1 aromatic heterocycles. The van der Waals surface area contributed by atoms with Gasteiger partial charge >= 0.3 is 0 Å². The number of benzene rings is 1. The number of rotatable bonds is 6. The summed E-state index contributed by atoms with van der Waals surface area (Å²) in [6, 6.07) is 7.89. The van der Waals surface area contributed by atoms with Crippen LogP contribution in [0.4, 0.5) is 0 Å². The van der Waals surface area contributed by atoms with Gasteiger partial charge in [-0.2, -0.15) is 4.98 Å². The van der Waals surface area contributed by atoms with Gasteiger partial charge in [0.2, 0.25) is 5.89 Å². The average molecular weight is 289 g/mol. The normalized spacial score (nSPS) is 11.6. The van der Waals surface area contributed by atoms with E-state index < -0.39 is 0 Å². The Hall–Kier alpha value is -1.88. The molecule has 0 aliphatic rings. The zero-order valence-electron chi connectivity index (χ0n) is 13.1. The summed E-state index contributed by atoms with van der Waals surface area (Å²) < 4.78 is 10.4. The van der Waals surface area contributed by atoms with E-state index in [-0.39, 0.29) is 5.54 Å². The van der Waals surface area contributed by atoms with Crippen molar-refractivity contribution in [2.45, 2.75) is 39.2 Å². The van der Waals surface area contributed by atoms with Gasteiger partial charge in [-0.1, -0.05) is 17.3 Å². The molecule has 1 N–H and O–H groups in total. The molecule has 21 heavy (non-hydrogen) atoms. The van der Waals surface area contributed by atoms with E-state index in [2.05, 4.69) is 36.2 Å². The van der Waals surface area contributed by atoms with E-state index in [1.807, 2.05) is 24.3 Å². The van der Waals surface area contributed by atoms with Gasteiger partial charge in [0.15, 0.2) is 5.82 Å². The third-order valence-corrected chi connectivity index (χ3v) is 3.03. The van der Waals surface area contributed by atoms with E-state index in [1.54, 1.807) is 7.11 Å². The number of aromatic nitrogens is 2. The fourth-order valence-corrected chi connectivity index (χ4v) is 1.93. The summed E-state index contributed by atoms with van der Waals surface area (Å²) >= 11 is 0. The molecule has 0 unspecified atom stereocenters. The molecule has 0 aliphatic carbocycles. The van der Waals surface area contributed by atoms with E-state index in [9.17, 15) is 0 Å². The zero-order chi connectivity index (χ0) is 15.3. The molecule has 0 atom stereocenters. The predicted molar refractivity (Wildman–Crippen MR) is 81.6 cm³/mol. The molecule has 0 spiro atoms. The van der Waals surface area contributed by atoms with E-state index >= 15 is 0 Å². The summed E-state index contributed by atoms with van der Waals surface area (Å²) in [5.41, 5.74) is 1.24. The van der Waals surface area contributed by atoms with Crippen molar-refractivity contribution in [3.05, 3.63) is 41.5 Å². The Labute approximate surface area is 125 Å². The van der Waals surface area contributed by atoms with Gasteiger partial charge in [-0.05, 0) is 38.5 Å². The SMILES string of the molecule is COc1ccc(Cc2noc(CCNC(C)(C)C)n2)cc1. The second kappa shape index (κ2) is 6.72. The van der Waals surface area contributed by atoms with Gasteiger partial charge in [0, 0.05) is 24.9 Å². The average Bonchev–Trinajstić information content (AvgIpc) is 2.86. The first-order chi connectivity index (χ1) is 9.96. The lowest BCUT2D eigenvalue weighted by Gasteiger charge is -2.19. The molecule has 1 aromatic carbocycles. The van der Waals surface area contributed by atoms with Crippen LogP contribution in [0.1, 0.15) is 38.0 Å². The smallest absolute Gasteiger partial charge is 0.227 e. The van der Waals surface area contributed by atoms with Crippen LogP contribution in [-0.4, -0.2) is 29.3 Å². The van der Waals surface area contributed by atoms with Crippen molar-refractivity contribution in [3.8, 4) is 5.75 Å². The summed E-state index contributed by atoms with van der Waals surface area (Å²) in [6.07, 6.45) is 1.41. The van der Waals surface area contributed by atoms with Crippen molar-refractivity contribution in [2.75, 3.05) is 13.7 Å². The third-order valence-electron chi connectivity index (χ3n) is 3.03. The largest absolute Gasteiger partial charge is 0.497 e. The Kier molecular flexibility index (Phi) is 4.96. The molecule has 5 nitrogen and oxygen atoms in total. The Bertz CT molecular complexity index is 556. The molecule has 0 fully saturated rings. The maximum atomic E-state index is 5.27. The molecule has 0 saturated carbocycles. The maximum Gasteiger partial charge on any atom is 0.227 e. The van der Waals surface area contributed by atoms with Gasteiger partial charge in [-0.15, -0.1) is 0 Å². The number of hydrogen-bond donors (Lipinski definition) is 1. The molecular formula is C16H23N3O2. The van der Waals surface area contributed by atoms with Crippen LogP contribution in [0.2, 0.25) is 0 Å². The van der Waals surface area contributed by atoms with Crippen LogP contribution in [-0.2, 0) is 12.8 Å². The monoisotopic (exact) mass is 289 g/mol. The van der Waals surface area contributed by atoms with Gasteiger partial charge in [0.25, 0.3) is 0 Å². The molecule has 2 rings (SSSR count). The van der Waals surface area contributed by atoms with Crippen LogP contribution < -0.4 is 10.1 Å². The van der Waals surface area contributed by atoms with Crippen molar-refractivity contribution in [1.29, 1.82) is 0 Å². The molecule has 0 saturated heterocycles. The van der Waals surface area contributed by atoms with Crippen molar-refractivity contribution < 1.29 is 9.26 Å². The number of methoxy groups -OCH3 is 1. The highest BCUT2D eigenvalue weighted by Crippen LogP contribution is 2.13. The minimum absolute atomic E-state index is 0.103. The fourth-order valence-electron chi connectivity index (χ4n) is 1.93. The van der Waals surface area contributed by atoms with E-state index in [4.69, 9.17) is 9.26 Å². The standard InChI is InChI=1S/C16H23N3O2/c1-16(2,3)17-10-9-15-18-14(19-21-15)11-12-5-7-13(20-4)8-6-12/h5-8,17H,9-11H2,1-4H3. The van der Waals surface area contributed by atoms with Crippen LogP contribution in [0.3, 0.4) is 0 Å². The lowest BCUT2D eigenvalue weighted by molar-refractivity contribution is 0.359. The molecule has 5 heteroatoms. The maximum absolute atomic E-state index is 5.27. The first-order valence-corrected chi connectivity index (χ1v) is 7.16. The Morgan fingerprint density at radius 1 is 1.19 bits per heavy atom. The number of nitrogens with zero attached hydrogens (tertiary/aromatic N) is 2. The molecular weight excluding hydrogens is 266 g/mol. The summed E-state index contributed by atoms with van der Waals surface area (Å²) in [4.78, 5) is 4.42. The zero-order valence-corrected chi connectivity index (χ0v) is 13.1. The Balaban J connectivity index is 1.87. The number of nitrogens with one attached hydrogen (secondary N) is 1. The number of ether oxygens (including phenoxy) is 1. The lowest BCUT2D eigenvalue weighted by Crippen LogP contribution is -2.37. The first-order valence-electron chi connectivity index (χ1n) is 7.16. The minimum atomic E-state index is 0.103. The summed E-state index contributed by atoms with van der Waals surface area (Å²) in [6.45, 7) is 7.23. The van der Waals surface area contributed by atoms with Crippen molar-refractivity contribution >= 4 is 0 Å². The highest BCUT2D eigenvalue weighted by atomic mass is 16.5. The highest BCUT2D eigenvalue weighted by molar-refractivity contribution is 5.28. The molecule has 0 aliphatic heterocycles. The summed E-state index contributed by atoms with van der Waals surface area (Å²) in [7, 11) is 1.66. The minimum Gasteiger partial charge on any atom is -0.497 e. The number of hydrogen-bond acceptors (Lipinski definition) is 5. The Morgan fingerprint density at radius 2 is 1.90 bits per heavy atom.